The Morgan fingerprint density at radius 2 is 1.49 bits per heavy atom. The molecular formula is C28H37N5O4. The molecule has 1 amide bonds. The molecule has 4 N–H and O–H groups in total. The number of carbonyl (C=O) groups is 1. The molecule has 0 unspecified atom stereocenters. The van der Waals surface area contributed by atoms with Gasteiger partial charge in [-0.15, -0.1) is 0 Å². The molecule has 3 aromatic rings. The second-order valence-electron chi connectivity index (χ2n) is 11.6. The molecule has 4 rings (SSSR count). The first-order chi connectivity index (χ1) is 17.2. The maximum atomic E-state index is 13.6. The van der Waals surface area contributed by atoms with Crippen LogP contribution in [0.15, 0.2) is 24.3 Å². The van der Waals surface area contributed by atoms with Crippen molar-refractivity contribution in [2.45, 2.75) is 52.4 Å². The Balaban J connectivity index is 1.58. The summed E-state index contributed by atoms with van der Waals surface area (Å²) in [7, 11) is 1.48. The molecule has 0 aliphatic carbocycles. The molecule has 1 aliphatic rings. The van der Waals surface area contributed by atoms with Gasteiger partial charge in [-0.3, -0.25) is 4.79 Å². The van der Waals surface area contributed by atoms with Crippen molar-refractivity contribution in [1.82, 2.24) is 14.9 Å². The summed E-state index contributed by atoms with van der Waals surface area (Å²) >= 11 is 0. The molecule has 0 bridgehead atoms. The van der Waals surface area contributed by atoms with Crippen molar-refractivity contribution < 1.29 is 19.7 Å². The zero-order valence-electron chi connectivity index (χ0n) is 22.7. The highest BCUT2D eigenvalue weighted by molar-refractivity contribution is 5.95. The van der Waals surface area contributed by atoms with Crippen molar-refractivity contribution in [2.75, 3.05) is 43.9 Å². The van der Waals surface area contributed by atoms with Crippen molar-refractivity contribution in [3.63, 3.8) is 0 Å². The predicted molar refractivity (Wildman–Crippen MR) is 146 cm³/mol. The van der Waals surface area contributed by atoms with Crippen molar-refractivity contribution in [1.29, 1.82) is 0 Å². The monoisotopic (exact) mass is 507 g/mol. The summed E-state index contributed by atoms with van der Waals surface area (Å²) < 4.78 is 5.20. The Morgan fingerprint density at radius 1 is 0.919 bits per heavy atom. The maximum absolute atomic E-state index is 13.6. The van der Waals surface area contributed by atoms with Crippen LogP contribution in [0.4, 0.5) is 11.8 Å². The molecular weight excluding hydrogens is 470 g/mol. The van der Waals surface area contributed by atoms with Gasteiger partial charge in [0.15, 0.2) is 11.5 Å². The number of aromatic nitrogens is 2. The molecule has 2 aromatic carbocycles. The molecule has 0 atom stereocenters. The quantitative estimate of drug-likeness (QED) is 0.482. The Kier molecular flexibility index (Phi) is 6.60. The summed E-state index contributed by atoms with van der Waals surface area (Å²) in [5.74, 6) is 1.23. The van der Waals surface area contributed by atoms with Crippen LogP contribution in [0.5, 0.6) is 17.2 Å². The van der Waals surface area contributed by atoms with Crippen LogP contribution in [0.1, 0.15) is 63.0 Å². The molecule has 1 saturated heterocycles. The molecule has 2 heterocycles. The van der Waals surface area contributed by atoms with E-state index in [2.05, 4.69) is 9.97 Å². The number of benzene rings is 2. The second-order valence-corrected chi connectivity index (χ2v) is 11.6. The lowest BCUT2D eigenvalue weighted by atomic mass is 9.78. The van der Waals surface area contributed by atoms with Gasteiger partial charge in [-0.25, -0.2) is 4.98 Å². The van der Waals surface area contributed by atoms with E-state index in [0.717, 1.165) is 11.1 Å². The van der Waals surface area contributed by atoms with Crippen molar-refractivity contribution >= 4 is 28.6 Å². The highest BCUT2D eigenvalue weighted by Crippen LogP contribution is 2.40. The number of piperazine rings is 1. The third-order valence-corrected chi connectivity index (χ3v) is 6.84. The fraction of sp³-hybridized carbons (Fsp3) is 0.464. The van der Waals surface area contributed by atoms with E-state index in [1.165, 1.54) is 13.2 Å². The number of nitrogen functional groups attached to an aromatic ring is 1. The first-order valence-electron chi connectivity index (χ1n) is 12.5. The number of aromatic hydroxyl groups is 2. The number of rotatable bonds is 3. The first kappa shape index (κ1) is 26.3. The van der Waals surface area contributed by atoms with Crippen LogP contribution in [0.3, 0.4) is 0 Å². The minimum absolute atomic E-state index is 0.0244. The van der Waals surface area contributed by atoms with E-state index >= 15 is 0 Å². The van der Waals surface area contributed by atoms with Gasteiger partial charge in [-0.1, -0.05) is 41.5 Å². The van der Waals surface area contributed by atoms with Gasteiger partial charge in [0.1, 0.15) is 11.6 Å². The number of anilines is 2. The average Bonchev–Trinajstić information content (AvgIpc) is 2.82. The molecule has 0 spiro atoms. The van der Waals surface area contributed by atoms with Crippen molar-refractivity contribution in [3.8, 4) is 17.2 Å². The van der Waals surface area contributed by atoms with E-state index in [-0.39, 0.29) is 34.1 Å². The van der Waals surface area contributed by atoms with E-state index in [4.69, 9.17) is 10.5 Å². The van der Waals surface area contributed by atoms with E-state index in [1.54, 1.807) is 6.07 Å². The molecule has 0 radical (unpaired) electrons. The molecule has 1 aliphatic heterocycles. The second kappa shape index (κ2) is 9.28. The Labute approximate surface area is 217 Å². The van der Waals surface area contributed by atoms with E-state index < -0.39 is 0 Å². The highest BCUT2D eigenvalue weighted by atomic mass is 16.5. The minimum Gasteiger partial charge on any atom is -0.507 e. The summed E-state index contributed by atoms with van der Waals surface area (Å²) in [6, 6.07) is 6.79. The van der Waals surface area contributed by atoms with Crippen LogP contribution in [0.2, 0.25) is 0 Å². The molecule has 1 fully saturated rings. The summed E-state index contributed by atoms with van der Waals surface area (Å²) in [5, 5.41) is 21.6. The molecule has 9 nitrogen and oxygen atoms in total. The van der Waals surface area contributed by atoms with Crippen molar-refractivity contribution in [2.24, 2.45) is 0 Å². The van der Waals surface area contributed by atoms with Crippen LogP contribution in [0.25, 0.3) is 10.9 Å². The maximum Gasteiger partial charge on any atom is 0.253 e. The number of amides is 1. The van der Waals surface area contributed by atoms with Gasteiger partial charge < -0.3 is 30.5 Å². The van der Waals surface area contributed by atoms with E-state index in [9.17, 15) is 15.0 Å². The molecule has 0 saturated carbocycles. The fourth-order valence-electron chi connectivity index (χ4n) is 4.65. The topological polar surface area (TPSA) is 125 Å². The predicted octanol–water partition coefficient (Wildman–Crippen LogP) is 4.19. The Bertz CT molecular complexity index is 1310. The number of hydrogen-bond acceptors (Lipinski definition) is 8. The largest absolute Gasteiger partial charge is 0.507 e. The van der Waals surface area contributed by atoms with Crippen LogP contribution in [-0.4, -0.2) is 64.3 Å². The highest BCUT2D eigenvalue weighted by Gasteiger charge is 2.30. The normalized spacial score (nSPS) is 14.8. The third kappa shape index (κ3) is 5.08. The van der Waals surface area contributed by atoms with Crippen LogP contribution < -0.4 is 15.4 Å². The molecule has 198 valence electrons. The van der Waals surface area contributed by atoms with Crippen LogP contribution in [-0.2, 0) is 10.8 Å². The lowest BCUT2D eigenvalue weighted by Gasteiger charge is -2.35. The van der Waals surface area contributed by atoms with Crippen LogP contribution in [0, 0.1) is 0 Å². The van der Waals surface area contributed by atoms with Crippen molar-refractivity contribution in [3.05, 3.63) is 41.0 Å². The van der Waals surface area contributed by atoms with Gasteiger partial charge in [0.05, 0.1) is 12.6 Å². The zero-order chi connectivity index (χ0) is 27.3. The number of hydrogen-bond donors (Lipinski definition) is 3. The van der Waals surface area contributed by atoms with E-state index in [0.29, 0.717) is 54.3 Å². The van der Waals surface area contributed by atoms with Gasteiger partial charge in [-0.2, -0.15) is 4.98 Å². The number of nitrogens with zero attached hydrogens (tertiary/aromatic N) is 4. The van der Waals surface area contributed by atoms with Gasteiger partial charge in [0.2, 0.25) is 5.95 Å². The molecule has 37 heavy (non-hydrogen) atoms. The minimum atomic E-state index is -0.314. The lowest BCUT2D eigenvalue weighted by Crippen LogP contribution is -2.49. The SMILES string of the molecule is COc1cc2nc(N3CCN(C(=O)c4cc(C(C)(C)C)c(O)c(C(C)(C)C)c4)CC3)nc(N)c2cc1O. The average molecular weight is 508 g/mol. The lowest BCUT2D eigenvalue weighted by molar-refractivity contribution is 0.0746. The number of methoxy groups -OCH3 is 1. The van der Waals surface area contributed by atoms with Gasteiger partial charge in [0, 0.05) is 54.3 Å². The summed E-state index contributed by atoms with van der Waals surface area (Å²) in [6.45, 7) is 14.3. The number of nitrogens with two attached hydrogens (primary N) is 1. The zero-order valence-corrected chi connectivity index (χ0v) is 22.7. The van der Waals surface area contributed by atoms with Gasteiger partial charge in [0.25, 0.3) is 5.91 Å². The number of ether oxygens (including phenoxy) is 1. The number of fused-ring (bicyclic) bond motifs is 1. The Hall–Kier alpha value is -3.75. The first-order valence-corrected chi connectivity index (χ1v) is 12.5. The number of phenols is 2. The number of phenolic OH excluding ortho intramolecular Hbond substituents is 2. The van der Waals surface area contributed by atoms with Gasteiger partial charge in [-0.05, 0) is 29.0 Å². The standard InChI is InChI=1S/C28H37N5O4/c1-27(2,3)18-12-16(13-19(23(18)35)28(4,5)6)25(36)32-8-10-33(11-9-32)26-30-20-15-22(37-7)21(34)14-17(20)24(29)31-26/h12-15,34-35H,8-11H2,1-7H3,(H2,29,30,31). The fourth-order valence-corrected chi connectivity index (χ4v) is 4.65. The third-order valence-electron chi connectivity index (χ3n) is 6.84. The van der Waals surface area contributed by atoms with Gasteiger partial charge >= 0.3 is 0 Å². The smallest absolute Gasteiger partial charge is 0.253 e. The molecule has 1 aromatic heterocycles. The van der Waals surface area contributed by atoms with E-state index in [1.807, 2.05) is 63.5 Å². The summed E-state index contributed by atoms with van der Waals surface area (Å²) in [5.41, 5.74) is 8.23. The van der Waals surface area contributed by atoms with Crippen LogP contribution >= 0.6 is 0 Å². The molecule has 9 heteroatoms. The summed E-state index contributed by atoms with van der Waals surface area (Å²) in [4.78, 5) is 26.5. The Morgan fingerprint density at radius 3 is 2.00 bits per heavy atom. The summed E-state index contributed by atoms with van der Waals surface area (Å²) in [6.07, 6.45) is 0. The number of carbonyl (C=O) groups excluding carboxylic acids is 1.